The minimum atomic E-state index is 0.289. The molecule has 3 aromatic rings. The van der Waals surface area contributed by atoms with E-state index in [9.17, 15) is 5.11 Å². The second-order valence-corrected chi connectivity index (χ2v) is 7.15. The normalized spacial score (nSPS) is 10.5. The summed E-state index contributed by atoms with van der Waals surface area (Å²) in [7, 11) is 0. The third kappa shape index (κ3) is 4.59. The van der Waals surface area contributed by atoms with Gasteiger partial charge in [0.15, 0.2) is 0 Å². The lowest BCUT2D eigenvalue weighted by Crippen LogP contribution is -1.94. The molecular weight excluding hydrogens is 332 g/mol. The van der Waals surface area contributed by atoms with Crippen molar-refractivity contribution in [2.45, 2.75) is 27.7 Å². The molecule has 0 aliphatic rings. The zero-order valence-electron chi connectivity index (χ0n) is 16.4. The Kier molecular flexibility index (Phi) is 5.66. The van der Waals surface area contributed by atoms with Crippen LogP contribution in [0.25, 0.3) is 22.3 Å². The summed E-state index contributed by atoms with van der Waals surface area (Å²) >= 11 is 0. The molecule has 0 atom stereocenters. The molecular formula is C25H26O2. The topological polar surface area (TPSA) is 29.5 Å². The van der Waals surface area contributed by atoms with Crippen molar-refractivity contribution in [1.82, 2.24) is 0 Å². The first-order valence-corrected chi connectivity index (χ1v) is 9.21. The van der Waals surface area contributed by atoms with Crippen molar-refractivity contribution in [2.24, 2.45) is 0 Å². The number of phenolic OH excluding ortho intramolecular Hbond substituents is 1. The summed E-state index contributed by atoms with van der Waals surface area (Å²) in [4.78, 5) is 0. The lowest BCUT2D eigenvalue weighted by molar-refractivity contribution is 0.362. The quantitative estimate of drug-likeness (QED) is 0.515. The van der Waals surface area contributed by atoms with Crippen LogP contribution in [0.5, 0.6) is 11.5 Å². The van der Waals surface area contributed by atoms with Gasteiger partial charge in [-0.3, -0.25) is 0 Å². The third-order valence-corrected chi connectivity index (χ3v) is 4.66. The molecule has 0 heterocycles. The van der Waals surface area contributed by atoms with Crippen LogP contribution in [0.1, 0.15) is 25.0 Å². The van der Waals surface area contributed by atoms with Crippen molar-refractivity contribution in [3.8, 4) is 33.8 Å². The van der Waals surface area contributed by atoms with Crippen molar-refractivity contribution in [3.05, 3.63) is 83.4 Å². The molecule has 0 aliphatic heterocycles. The SMILES string of the molecule is CC(C)=CCOc1ccc(-c2cc(C)c(-c3ccc(O)cc3)cc2C)cc1. The van der Waals surface area contributed by atoms with Crippen LogP contribution in [-0.2, 0) is 0 Å². The van der Waals surface area contributed by atoms with Gasteiger partial charge in [0, 0.05) is 0 Å². The molecule has 3 rings (SSSR count). The van der Waals surface area contributed by atoms with Crippen molar-refractivity contribution >= 4 is 0 Å². The highest BCUT2D eigenvalue weighted by Gasteiger charge is 2.09. The predicted molar refractivity (Wildman–Crippen MR) is 113 cm³/mol. The van der Waals surface area contributed by atoms with E-state index < -0.39 is 0 Å². The number of hydrogen-bond donors (Lipinski definition) is 1. The molecule has 0 saturated heterocycles. The molecule has 1 N–H and O–H groups in total. The zero-order valence-corrected chi connectivity index (χ0v) is 16.4. The number of phenols is 1. The maximum Gasteiger partial charge on any atom is 0.119 e. The lowest BCUT2D eigenvalue weighted by Gasteiger charge is -2.13. The molecule has 0 spiro atoms. The van der Waals surface area contributed by atoms with E-state index in [4.69, 9.17) is 4.74 Å². The van der Waals surface area contributed by atoms with Crippen molar-refractivity contribution in [2.75, 3.05) is 6.61 Å². The first-order chi connectivity index (χ1) is 12.9. The van der Waals surface area contributed by atoms with Gasteiger partial charge in [0.1, 0.15) is 18.1 Å². The second-order valence-electron chi connectivity index (χ2n) is 7.15. The summed E-state index contributed by atoms with van der Waals surface area (Å²) < 4.78 is 5.75. The smallest absolute Gasteiger partial charge is 0.119 e. The molecule has 0 bridgehead atoms. The molecule has 0 saturated carbocycles. The van der Waals surface area contributed by atoms with Gasteiger partial charge in [-0.05, 0) is 91.4 Å². The van der Waals surface area contributed by atoms with Gasteiger partial charge in [0.2, 0.25) is 0 Å². The highest BCUT2D eigenvalue weighted by molar-refractivity contribution is 5.76. The maximum absolute atomic E-state index is 9.51. The number of benzene rings is 3. The van der Waals surface area contributed by atoms with Gasteiger partial charge in [-0.1, -0.05) is 42.0 Å². The van der Waals surface area contributed by atoms with Gasteiger partial charge >= 0.3 is 0 Å². The summed E-state index contributed by atoms with van der Waals surface area (Å²) in [6.07, 6.45) is 2.07. The number of aryl methyl sites for hydroxylation is 2. The fourth-order valence-corrected chi connectivity index (χ4v) is 3.11. The van der Waals surface area contributed by atoms with Gasteiger partial charge in [0.25, 0.3) is 0 Å². The molecule has 0 aromatic heterocycles. The Labute approximate surface area is 161 Å². The lowest BCUT2D eigenvalue weighted by atomic mass is 9.92. The molecule has 0 aliphatic carbocycles. The standard InChI is InChI=1S/C25H26O2/c1-17(2)13-14-27-23-11-7-21(8-12-23)25-16-18(3)24(15-19(25)4)20-5-9-22(26)10-6-20/h5-13,15-16,26H,14H2,1-4H3. The maximum atomic E-state index is 9.51. The van der Waals surface area contributed by atoms with Crippen molar-refractivity contribution < 1.29 is 9.84 Å². The van der Waals surface area contributed by atoms with Gasteiger partial charge in [0.05, 0.1) is 0 Å². The molecule has 27 heavy (non-hydrogen) atoms. The number of rotatable bonds is 5. The second kappa shape index (κ2) is 8.13. The Morgan fingerprint density at radius 3 is 1.78 bits per heavy atom. The van der Waals surface area contributed by atoms with Crippen LogP contribution < -0.4 is 4.74 Å². The van der Waals surface area contributed by atoms with E-state index in [0.717, 1.165) is 11.3 Å². The highest BCUT2D eigenvalue weighted by atomic mass is 16.5. The van der Waals surface area contributed by atoms with Crippen LogP contribution in [0, 0.1) is 13.8 Å². The van der Waals surface area contributed by atoms with Crippen molar-refractivity contribution in [3.63, 3.8) is 0 Å². The average molecular weight is 358 g/mol. The van der Waals surface area contributed by atoms with E-state index in [2.05, 4.69) is 58.0 Å². The van der Waals surface area contributed by atoms with Crippen LogP contribution in [0.4, 0.5) is 0 Å². The Balaban J connectivity index is 1.86. The Morgan fingerprint density at radius 1 is 0.815 bits per heavy atom. The van der Waals surface area contributed by atoms with E-state index in [1.54, 1.807) is 12.1 Å². The van der Waals surface area contributed by atoms with Gasteiger partial charge in [-0.2, -0.15) is 0 Å². The Bertz CT molecular complexity index is 945. The molecule has 0 fully saturated rings. The zero-order chi connectivity index (χ0) is 19.4. The van der Waals surface area contributed by atoms with Crippen LogP contribution in [0.15, 0.2) is 72.3 Å². The third-order valence-electron chi connectivity index (χ3n) is 4.66. The minimum Gasteiger partial charge on any atom is -0.508 e. The van der Waals surface area contributed by atoms with Crippen LogP contribution in [-0.4, -0.2) is 11.7 Å². The highest BCUT2D eigenvalue weighted by Crippen LogP contribution is 2.33. The van der Waals surface area contributed by atoms with Gasteiger partial charge in [-0.25, -0.2) is 0 Å². The van der Waals surface area contributed by atoms with E-state index in [1.807, 2.05) is 24.3 Å². The molecule has 0 unspecified atom stereocenters. The molecule has 0 radical (unpaired) electrons. The van der Waals surface area contributed by atoms with Crippen molar-refractivity contribution in [1.29, 1.82) is 0 Å². The summed E-state index contributed by atoms with van der Waals surface area (Å²) in [5.74, 6) is 1.17. The fourth-order valence-electron chi connectivity index (χ4n) is 3.11. The fraction of sp³-hybridized carbons (Fsp3) is 0.200. The summed E-state index contributed by atoms with van der Waals surface area (Å²) in [5, 5.41) is 9.51. The average Bonchev–Trinajstić information content (AvgIpc) is 2.64. The first-order valence-electron chi connectivity index (χ1n) is 9.21. The molecule has 138 valence electrons. The minimum absolute atomic E-state index is 0.289. The van der Waals surface area contributed by atoms with Crippen LogP contribution >= 0.6 is 0 Å². The monoisotopic (exact) mass is 358 g/mol. The molecule has 0 amide bonds. The summed E-state index contributed by atoms with van der Waals surface area (Å²) in [6.45, 7) is 9.00. The number of aromatic hydroxyl groups is 1. The summed E-state index contributed by atoms with van der Waals surface area (Å²) in [5.41, 5.74) is 8.41. The molecule has 2 heteroatoms. The van der Waals surface area contributed by atoms with Gasteiger partial charge in [-0.15, -0.1) is 0 Å². The Hall–Kier alpha value is -3.00. The van der Waals surface area contributed by atoms with Gasteiger partial charge < -0.3 is 9.84 Å². The predicted octanol–water partition coefficient (Wildman–Crippen LogP) is 6.69. The largest absolute Gasteiger partial charge is 0.508 e. The number of hydrogen-bond acceptors (Lipinski definition) is 2. The number of ether oxygens (including phenoxy) is 1. The van der Waals surface area contributed by atoms with E-state index in [0.29, 0.717) is 6.61 Å². The molecule has 2 nitrogen and oxygen atoms in total. The van der Waals surface area contributed by atoms with E-state index in [-0.39, 0.29) is 5.75 Å². The van der Waals surface area contributed by atoms with E-state index >= 15 is 0 Å². The van der Waals surface area contributed by atoms with E-state index in [1.165, 1.54) is 33.4 Å². The molecule has 3 aromatic carbocycles. The Morgan fingerprint density at radius 2 is 1.30 bits per heavy atom. The van der Waals surface area contributed by atoms with Crippen LogP contribution in [0.3, 0.4) is 0 Å². The number of allylic oxidation sites excluding steroid dienone is 1. The first kappa shape index (κ1) is 18.8. The summed E-state index contributed by atoms with van der Waals surface area (Å²) in [6, 6.07) is 20.1. The van der Waals surface area contributed by atoms with Crippen LogP contribution in [0.2, 0.25) is 0 Å².